The number of rotatable bonds is 11. The number of amides is 1. The number of benzene rings is 2. The van der Waals surface area contributed by atoms with Gasteiger partial charge in [0.2, 0.25) is 11.6 Å². The molecule has 0 saturated heterocycles. The molecule has 0 aliphatic rings. The van der Waals surface area contributed by atoms with Crippen molar-refractivity contribution in [1.82, 2.24) is 10.2 Å². The van der Waals surface area contributed by atoms with Crippen LogP contribution in [0.1, 0.15) is 38.2 Å². The highest BCUT2D eigenvalue weighted by molar-refractivity contribution is 6.04. The first-order valence-electron chi connectivity index (χ1n) is 11.4. The van der Waals surface area contributed by atoms with Crippen LogP contribution in [0.5, 0.6) is 23.0 Å². The van der Waals surface area contributed by atoms with Gasteiger partial charge < -0.3 is 27.8 Å². The SMILES string of the molecule is CCOc1cc(-c2nnc(NC(=O)c3cc4cccc(OCC)c4o3)o2)cc(OCC)c1OCC. The number of anilines is 1. The monoisotopic (exact) mass is 481 g/mol. The number of para-hydroxylation sites is 1. The molecule has 184 valence electrons. The van der Waals surface area contributed by atoms with Crippen LogP contribution in [-0.4, -0.2) is 42.5 Å². The lowest BCUT2D eigenvalue weighted by Gasteiger charge is -2.16. The topological polar surface area (TPSA) is 118 Å². The van der Waals surface area contributed by atoms with Gasteiger partial charge in [-0.1, -0.05) is 17.2 Å². The molecule has 0 radical (unpaired) electrons. The van der Waals surface area contributed by atoms with Gasteiger partial charge in [0.25, 0.3) is 5.91 Å². The van der Waals surface area contributed by atoms with E-state index in [1.165, 1.54) is 0 Å². The van der Waals surface area contributed by atoms with Crippen molar-refractivity contribution >= 4 is 22.9 Å². The fraction of sp³-hybridized carbons (Fsp3) is 0.320. The Labute approximate surface area is 202 Å². The number of furan rings is 1. The van der Waals surface area contributed by atoms with Crippen LogP contribution >= 0.6 is 0 Å². The van der Waals surface area contributed by atoms with Crippen LogP contribution in [0, 0.1) is 0 Å². The molecule has 10 heteroatoms. The highest BCUT2D eigenvalue weighted by Gasteiger charge is 2.21. The molecule has 2 aromatic heterocycles. The largest absolute Gasteiger partial charge is 0.490 e. The highest BCUT2D eigenvalue weighted by Crippen LogP contribution is 2.42. The van der Waals surface area contributed by atoms with Gasteiger partial charge >= 0.3 is 6.01 Å². The number of carbonyl (C=O) groups excluding carboxylic acids is 1. The van der Waals surface area contributed by atoms with E-state index in [0.717, 1.165) is 5.39 Å². The summed E-state index contributed by atoms with van der Waals surface area (Å²) in [5.74, 6) is 1.78. The average molecular weight is 482 g/mol. The van der Waals surface area contributed by atoms with Gasteiger partial charge in [-0.25, -0.2) is 0 Å². The Hall–Kier alpha value is -4.21. The lowest BCUT2D eigenvalue weighted by atomic mass is 10.2. The third-order valence-corrected chi connectivity index (χ3v) is 4.83. The van der Waals surface area contributed by atoms with Gasteiger partial charge in [0.1, 0.15) is 0 Å². The van der Waals surface area contributed by atoms with Gasteiger partial charge in [0, 0.05) is 10.9 Å². The first kappa shape index (κ1) is 23.9. The number of nitrogens with one attached hydrogen (secondary N) is 1. The molecule has 2 heterocycles. The number of ether oxygens (including phenoxy) is 4. The van der Waals surface area contributed by atoms with Crippen molar-refractivity contribution in [3.8, 4) is 34.5 Å². The fourth-order valence-corrected chi connectivity index (χ4v) is 3.48. The minimum atomic E-state index is -0.532. The van der Waals surface area contributed by atoms with Crippen LogP contribution in [0.4, 0.5) is 6.01 Å². The zero-order valence-corrected chi connectivity index (χ0v) is 20.0. The van der Waals surface area contributed by atoms with Crippen molar-refractivity contribution < 1.29 is 32.6 Å². The standard InChI is InChI=1S/C25H27N3O7/c1-5-30-17-11-9-10-15-12-20(34-21(15)17)23(29)26-25-28-27-24(35-25)16-13-18(31-6-2)22(33-8-4)19(14-16)32-7-3/h9-14H,5-8H2,1-4H3,(H,26,28,29). The first-order chi connectivity index (χ1) is 17.1. The summed E-state index contributed by atoms with van der Waals surface area (Å²) in [4.78, 5) is 12.8. The molecule has 0 fully saturated rings. The zero-order chi connectivity index (χ0) is 24.8. The summed E-state index contributed by atoms with van der Waals surface area (Å²) in [6.07, 6.45) is 0. The summed E-state index contributed by atoms with van der Waals surface area (Å²) < 4.78 is 34.2. The third-order valence-electron chi connectivity index (χ3n) is 4.83. The van der Waals surface area contributed by atoms with Gasteiger partial charge in [0.15, 0.2) is 28.6 Å². The molecule has 4 aromatic rings. The summed E-state index contributed by atoms with van der Waals surface area (Å²) in [6.45, 7) is 9.30. The normalized spacial score (nSPS) is 10.9. The molecular weight excluding hydrogens is 454 g/mol. The Morgan fingerprint density at radius 1 is 0.829 bits per heavy atom. The van der Waals surface area contributed by atoms with Gasteiger partial charge in [-0.05, 0) is 52.0 Å². The summed E-state index contributed by atoms with van der Waals surface area (Å²) in [6, 6.07) is 10.4. The molecule has 10 nitrogen and oxygen atoms in total. The molecule has 35 heavy (non-hydrogen) atoms. The Morgan fingerprint density at radius 3 is 2.14 bits per heavy atom. The number of nitrogens with zero attached hydrogens (tertiary/aromatic N) is 2. The minimum absolute atomic E-state index is 0.0831. The summed E-state index contributed by atoms with van der Waals surface area (Å²) in [5, 5.41) is 11.3. The van der Waals surface area contributed by atoms with E-state index >= 15 is 0 Å². The average Bonchev–Trinajstić information content (AvgIpc) is 3.49. The maximum Gasteiger partial charge on any atom is 0.322 e. The molecule has 2 aromatic carbocycles. The molecule has 1 N–H and O–H groups in total. The second-order valence-electron chi connectivity index (χ2n) is 7.19. The van der Waals surface area contributed by atoms with Crippen LogP contribution in [0.15, 0.2) is 45.2 Å². The van der Waals surface area contributed by atoms with Gasteiger partial charge in [0.05, 0.1) is 26.4 Å². The van der Waals surface area contributed by atoms with E-state index in [9.17, 15) is 4.79 Å². The quantitative estimate of drug-likeness (QED) is 0.303. The molecule has 0 aliphatic carbocycles. The van der Waals surface area contributed by atoms with E-state index in [1.54, 1.807) is 24.3 Å². The van der Waals surface area contributed by atoms with E-state index in [-0.39, 0.29) is 17.7 Å². The Bertz CT molecular complexity index is 1280. The van der Waals surface area contributed by atoms with E-state index in [1.807, 2.05) is 39.8 Å². The molecule has 0 saturated carbocycles. The molecule has 0 atom stereocenters. The smallest absolute Gasteiger partial charge is 0.322 e. The van der Waals surface area contributed by atoms with Crippen LogP contribution < -0.4 is 24.3 Å². The molecule has 0 bridgehead atoms. The van der Waals surface area contributed by atoms with E-state index in [0.29, 0.717) is 60.6 Å². The second kappa shape index (κ2) is 10.8. The van der Waals surface area contributed by atoms with Crippen LogP contribution in [0.3, 0.4) is 0 Å². The van der Waals surface area contributed by atoms with Crippen molar-refractivity contribution in [3.63, 3.8) is 0 Å². The molecular formula is C25H27N3O7. The summed E-state index contributed by atoms with van der Waals surface area (Å²) >= 11 is 0. The van der Waals surface area contributed by atoms with Gasteiger partial charge in [-0.3, -0.25) is 10.1 Å². The van der Waals surface area contributed by atoms with Crippen molar-refractivity contribution in [1.29, 1.82) is 0 Å². The highest BCUT2D eigenvalue weighted by atomic mass is 16.5. The number of hydrogen-bond acceptors (Lipinski definition) is 9. The predicted octanol–water partition coefficient (Wildman–Crippen LogP) is 5.33. The van der Waals surface area contributed by atoms with Crippen molar-refractivity contribution in [3.05, 3.63) is 42.2 Å². The van der Waals surface area contributed by atoms with Crippen molar-refractivity contribution in [2.75, 3.05) is 31.7 Å². The van der Waals surface area contributed by atoms with Crippen LogP contribution in [0.25, 0.3) is 22.4 Å². The maximum atomic E-state index is 12.8. The number of aromatic nitrogens is 2. The number of carbonyl (C=O) groups is 1. The Morgan fingerprint density at radius 2 is 1.49 bits per heavy atom. The molecule has 1 amide bonds. The second-order valence-corrected chi connectivity index (χ2v) is 7.19. The predicted molar refractivity (Wildman–Crippen MR) is 129 cm³/mol. The fourth-order valence-electron chi connectivity index (χ4n) is 3.48. The van der Waals surface area contributed by atoms with E-state index in [2.05, 4.69) is 15.5 Å². The minimum Gasteiger partial charge on any atom is -0.490 e. The lowest BCUT2D eigenvalue weighted by molar-refractivity contribution is 0.0995. The van der Waals surface area contributed by atoms with E-state index in [4.69, 9.17) is 27.8 Å². The number of fused-ring (bicyclic) bond motifs is 1. The number of hydrogen-bond donors (Lipinski definition) is 1. The van der Waals surface area contributed by atoms with Crippen LogP contribution in [0.2, 0.25) is 0 Å². The molecule has 0 spiro atoms. The molecule has 4 rings (SSSR count). The maximum absolute atomic E-state index is 12.8. The summed E-state index contributed by atoms with van der Waals surface area (Å²) in [7, 11) is 0. The first-order valence-corrected chi connectivity index (χ1v) is 11.4. The van der Waals surface area contributed by atoms with Crippen molar-refractivity contribution in [2.24, 2.45) is 0 Å². The Kier molecular flexibility index (Phi) is 7.39. The van der Waals surface area contributed by atoms with Gasteiger partial charge in [-0.2, -0.15) is 0 Å². The Balaban J connectivity index is 1.59. The van der Waals surface area contributed by atoms with Crippen molar-refractivity contribution in [2.45, 2.75) is 27.7 Å². The summed E-state index contributed by atoms with van der Waals surface area (Å²) in [5.41, 5.74) is 1.05. The third kappa shape index (κ3) is 5.16. The molecule has 0 unspecified atom stereocenters. The zero-order valence-electron chi connectivity index (χ0n) is 20.0. The molecule has 0 aliphatic heterocycles. The van der Waals surface area contributed by atoms with Gasteiger partial charge in [-0.15, -0.1) is 5.10 Å². The lowest BCUT2D eigenvalue weighted by Crippen LogP contribution is -2.11. The van der Waals surface area contributed by atoms with E-state index < -0.39 is 5.91 Å². The van der Waals surface area contributed by atoms with Crippen LogP contribution in [-0.2, 0) is 0 Å².